The summed E-state index contributed by atoms with van der Waals surface area (Å²) in [6, 6.07) is 9.98. The van der Waals surface area contributed by atoms with Crippen LogP contribution in [0.15, 0.2) is 43.0 Å². The van der Waals surface area contributed by atoms with Gasteiger partial charge in [-0.3, -0.25) is 4.90 Å². The topological polar surface area (TPSA) is 40.5 Å². The fraction of sp³-hybridized carbons (Fsp3) is 0.400. The monoisotopic (exact) mass is 245 g/mol. The maximum atomic E-state index is 11.5. The molecule has 0 saturated heterocycles. The molecule has 2 rings (SSSR count). The summed E-state index contributed by atoms with van der Waals surface area (Å²) in [4.78, 5) is 13.1. The molecule has 0 atom stereocenters. The first-order valence-electron chi connectivity index (χ1n) is 6.38. The Labute approximate surface area is 108 Å². The van der Waals surface area contributed by atoms with Crippen LogP contribution < -0.4 is 0 Å². The molecule has 1 aromatic rings. The second-order valence-corrected chi connectivity index (χ2v) is 4.79. The Kier molecular flexibility index (Phi) is 3.70. The van der Waals surface area contributed by atoms with Crippen LogP contribution in [-0.4, -0.2) is 22.6 Å². The lowest BCUT2D eigenvalue weighted by Crippen LogP contribution is -2.47. The van der Waals surface area contributed by atoms with Crippen molar-refractivity contribution in [3.05, 3.63) is 48.6 Å². The Bertz CT molecular complexity index is 421. The van der Waals surface area contributed by atoms with Crippen molar-refractivity contribution in [3.63, 3.8) is 0 Å². The van der Waals surface area contributed by atoms with Crippen molar-refractivity contribution in [1.82, 2.24) is 4.90 Å². The number of carboxylic acid groups (broad SMARTS) is 1. The summed E-state index contributed by atoms with van der Waals surface area (Å²) in [7, 11) is 0. The van der Waals surface area contributed by atoms with E-state index in [1.165, 1.54) is 0 Å². The van der Waals surface area contributed by atoms with Crippen molar-refractivity contribution in [1.29, 1.82) is 0 Å². The molecule has 3 nitrogen and oxygen atoms in total. The van der Waals surface area contributed by atoms with E-state index in [-0.39, 0.29) is 5.54 Å². The molecule has 0 spiro atoms. The average molecular weight is 245 g/mol. The lowest BCUT2D eigenvalue weighted by Gasteiger charge is -2.39. The number of amides is 1. The molecule has 3 heteroatoms. The van der Waals surface area contributed by atoms with Gasteiger partial charge in [-0.1, -0.05) is 49.2 Å². The minimum absolute atomic E-state index is 0.360. The summed E-state index contributed by atoms with van der Waals surface area (Å²) in [6.07, 6.45) is 4.76. The third-order valence-electron chi connectivity index (χ3n) is 3.80. The van der Waals surface area contributed by atoms with E-state index >= 15 is 0 Å². The maximum absolute atomic E-state index is 11.5. The Morgan fingerprint density at radius 2 is 1.94 bits per heavy atom. The lowest BCUT2D eigenvalue weighted by molar-refractivity contribution is 0.0838. The van der Waals surface area contributed by atoms with E-state index in [0.717, 1.165) is 31.2 Å². The van der Waals surface area contributed by atoms with Gasteiger partial charge in [-0.25, -0.2) is 4.79 Å². The molecule has 0 radical (unpaired) electrons. The Morgan fingerprint density at radius 3 is 2.44 bits per heavy atom. The van der Waals surface area contributed by atoms with E-state index in [2.05, 4.69) is 6.58 Å². The van der Waals surface area contributed by atoms with E-state index < -0.39 is 6.09 Å². The van der Waals surface area contributed by atoms with Gasteiger partial charge in [-0.2, -0.15) is 0 Å². The normalized spacial score (nSPS) is 17.3. The largest absolute Gasteiger partial charge is 0.465 e. The highest BCUT2D eigenvalue weighted by atomic mass is 16.4. The number of hydrogen-bond acceptors (Lipinski definition) is 1. The quantitative estimate of drug-likeness (QED) is 0.823. The molecular formula is C15H19NO2. The first kappa shape index (κ1) is 12.7. The summed E-state index contributed by atoms with van der Waals surface area (Å²) in [5, 5.41) is 9.47. The van der Waals surface area contributed by atoms with Gasteiger partial charge in [0.15, 0.2) is 0 Å². The Balaban J connectivity index is 2.43. The van der Waals surface area contributed by atoms with Gasteiger partial charge in [0.1, 0.15) is 0 Å². The van der Waals surface area contributed by atoms with Crippen LogP contribution in [0.2, 0.25) is 0 Å². The van der Waals surface area contributed by atoms with Crippen LogP contribution in [0.1, 0.15) is 31.2 Å². The molecule has 1 aliphatic carbocycles. The van der Waals surface area contributed by atoms with E-state index in [4.69, 9.17) is 0 Å². The predicted molar refractivity (Wildman–Crippen MR) is 71.5 cm³/mol. The van der Waals surface area contributed by atoms with Crippen LogP contribution in [0.4, 0.5) is 4.79 Å². The van der Waals surface area contributed by atoms with E-state index in [0.29, 0.717) is 6.54 Å². The molecule has 1 aromatic carbocycles. The SMILES string of the molecule is C=CCN(C(=O)O)C1(c2ccccc2)CCCC1. The zero-order chi connectivity index (χ0) is 13.0. The maximum Gasteiger partial charge on any atom is 0.408 e. The molecule has 0 bridgehead atoms. The van der Waals surface area contributed by atoms with E-state index in [1.54, 1.807) is 11.0 Å². The van der Waals surface area contributed by atoms with Crippen LogP contribution in [0.5, 0.6) is 0 Å². The summed E-state index contributed by atoms with van der Waals surface area (Å²) >= 11 is 0. The van der Waals surface area contributed by atoms with Crippen molar-refractivity contribution in [2.75, 3.05) is 6.54 Å². The Morgan fingerprint density at radius 1 is 1.33 bits per heavy atom. The third-order valence-corrected chi connectivity index (χ3v) is 3.80. The highest BCUT2D eigenvalue weighted by Crippen LogP contribution is 2.43. The summed E-state index contributed by atoms with van der Waals surface area (Å²) in [5.41, 5.74) is 0.744. The standard InChI is InChI=1S/C15H19NO2/c1-2-12-16(14(17)18)15(10-6-7-11-15)13-8-4-3-5-9-13/h2-5,8-9H,1,6-7,10-12H2,(H,17,18). The van der Waals surface area contributed by atoms with E-state index in [9.17, 15) is 9.90 Å². The predicted octanol–water partition coefficient (Wildman–Crippen LogP) is 3.62. The van der Waals surface area contributed by atoms with Crippen LogP contribution in [-0.2, 0) is 5.54 Å². The first-order chi connectivity index (χ1) is 8.70. The van der Waals surface area contributed by atoms with Crippen LogP contribution in [0.25, 0.3) is 0 Å². The molecule has 1 amide bonds. The van der Waals surface area contributed by atoms with Crippen LogP contribution >= 0.6 is 0 Å². The highest BCUT2D eigenvalue weighted by molar-refractivity contribution is 5.67. The molecule has 0 aromatic heterocycles. The highest BCUT2D eigenvalue weighted by Gasteiger charge is 2.43. The third kappa shape index (κ3) is 2.13. The van der Waals surface area contributed by atoms with Gasteiger partial charge in [0.05, 0.1) is 5.54 Å². The molecule has 1 aliphatic rings. The Hall–Kier alpha value is -1.77. The molecule has 18 heavy (non-hydrogen) atoms. The van der Waals surface area contributed by atoms with Crippen molar-refractivity contribution in [2.24, 2.45) is 0 Å². The van der Waals surface area contributed by atoms with Gasteiger partial charge in [0, 0.05) is 6.54 Å². The van der Waals surface area contributed by atoms with Crippen LogP contribution in [0, 0.1) is 0 Å². The van der Waals surface area contributed by atoms with Crippen molar-refractivity contribution >= 4 is 6.09 Å². The second kappa shape index (κ2) is 5.25. The number of nitrogens with zero attached hydrogens (tertiary/aromatic N) is 1. The molecule has 1 fully saturated rings. The second-order valence-electron chi connectivity index (χ2n) is 4.79. The van der Waals surface area contributed by atoms with Gasteiger partial charge in [-0.05, 0) is 18.4 Å². The average Bonchev–Trinajstić information content (AvgIpc) is 2.87. The minimum atomic E-state index is -0.861. The van der Waals surface area contributed by atoms with Gasteiger partial charge in [0.25, 0.3) is 0 Å². The lowest BCUT2D eigenvalue weighted by atomic mass is 9.86. The zero-order valence-corrected chi connectivity index (χ0v) is 10.5. The number of hydrogen-bond donors (Lipinski definition) is 1. The zero-order valence-electron chi connectivity index (χ0n) is 10.5. The molecule has 0 aliphatic heterocycles. The fourth-order valence-corrected chi connectivity index (χ4v) is 2.99. The molecule has 0 heterocycles. The number of rotatable bonds is 4. The van der Waals surface area contributed by atoms with Crippen molar-refractivity contribution in [3.8, 4) is 0 Å². The van der Waals surface area contributed by atoms with Gasteiger partial charge in [0.2, 0.25) is 0 Å². The van der Waals surface area contributed by atoms with Gasteiger partial charge >= 0.3 is 6.09 Å². The molecular weight excluding hydrogens is 226 g/mol. The van der Waals surface area contributed by atoms with Crippen molar-refractivity contribution in [2.45, 2.75) is 31.2 Å². The minimum Gasteiger partial charge on any atom is -0.465 e. The molecule has 96 valence electrons. The fourth-order valence-electron chi connectivity index (χ4n) is 2.99. The number of benzene rings is 1. The molecule has 0 unspecified atom stereocenters. The molecule has 1 N–H and O–H groups in total. The van der Waals surface area contributed by atoms with Gasteiger partial charge in [-0.15, -0.1) is 6.58 Å². The smallest absolute Gasteiger partial charge is 0.408 e. The van der Waals surface area contributed by atoms with Gasteiger partial charge < -0.3 is 5.11 Å². The summed E-state index contributed by atoms with van der Waals surface area (Å²) in [5.74, 6) is 0. The van der Waals surface area contributed by atoms with E-state index in [1.807, 2.05) is 30.3 Å². The molecule has 1 saturated carbocycles. The number of carbonyl (C=O) groups is 1. The van der Waals surface area contributed by atoms with Crippen LogP contribution in [0.3, 0.4) is 0 Å². The summed E-state index contributed by atoms with van der Waals surface area (Å²) in [6.45, 7) is 4.05. The summed E-state index contributed by atoms with van der Waals surface area (Å²) < 4.78 is 0. The van der Waals surface area contributed by atoms with Crippen molar-refractivity contribution < 1.29 is 9.90 Å². The first-order valence-corrected chi connectivity index (χ1v) is 6.38.